The summed E-state index contributed by atoms with van der Waals surface area (Å²) in [5, 5.41) is 9.78. The maximum absolute atomic E-state index is 12.9. The van der Waals surface area contributed by atoms with Crippen LogP contribution in [0.5, 0.6) is 0 Å². The van der Waals surface area contributed by atoms with Crippen molar-refractivity contribution in [2.24, 2.45) is 5.92 Å². The third-order valence-electron chi connectivity index (χ3n) is 5.11. The maximum atomic E-state index is 12.9. The topological polar surface area (TPSA) is 82.7 Å². The van der Waals surface area contributed by atoms with Crippen molar-refractivity contribution in [1.29, 1.82) is 0 Å². The molecule has 1 aliphatic heterocycles. The van der Waals surface area contributed by atoms with Crippen molar-refractivity contribution in [3.05, 3.63) is 70.4 Å². The Morgan fingerprint density at radius 2 is 1.82 bits per heavy atom. The molecule has 1 unspecified atom stereocenters. The molecule has 0 aliphatic carbocycles. The monoisotopic (exact) mass is 486 g/mol. The zero-order chi connectivity index (χ0) is 24.1. The van der Waals surface area contributed by atoms with Crippen molar-refractivity contribution in [3.63, 3.8) is 0 Å². The molecule has 33 heavy (non-hydrogen) atoms. The molecule has 0 aromatic heterocycles. The Morgan fingerprint density at radius 3 is 2.45 bits per heavy atom. The highest BCUT2D eigenvalue weighted by atomic mass is 35.5. The normalized spacial score (nSPS) is 15.9. The lowest BCUT2D eigenvalue weighted by Crippen LogP contribution is -2.46. The van der Waals surface area contributed by atoms with Gasteiger partial charge in [-0.05, 0) is 61.0 Å². The number of amides is 2. The molecule has 2 aromatic carbocycles. The second-order valence-electron chi connectivity index (χ2n) is 8.14. The van der Waals surface area contributed by atoms with Gasteiger partial charge < -0.3 is 25.6 Å². The largest absolute Gasteiger partial charge is 0.462 e. The van der Waals surface area contributed by atoms with E-state index in [1.54, 1.807) is 41.3 Å². The molecular weight excluding hydrogens is 460 g/mol. The van der Waals surface area contributed by atoms with Crippen molar-refractivity contribution in [2.45, 2.75) is 26.8 Å². The van der Waals surface area contributed by atoms with Crippen LogP contribution in [0.15, 0.2) is 59.8 Å². The SMILES string of the molecule is CC1=C(C(=O)OCC(C)C)C(c2ccc(NC(=O)Nc3cccc(Cl)c3)cc2)NC(=S)N1C. The molecule has 0 spiro atoms. The zero-order valence-corrected chi connectivity index (χ0v) is 20.5. The lowest BCUT2D eigenvalue weighted by molar-refractivity contribution is -0.140. The van der Waals surface area contributed by atoms with Crippen LogP contribution in [-0.4, -0.2) is 35.7 Å². The van der Waals surface area contributed by atoms with Gasteiger partial charge >= 0.3 is 12.0 Å². The molecule has 1 atom stereocenters. The Kier molecular flexibility index (Phi) is 7.94. The summed E-state index contributed by atoms with van der Waals surface area (Å²) in [5.41, 5.74) is 3.25. The number of anilines is 2. The first-order valence-corrected chi connectivity index (χ1v) is 11.3. The van der Waals surface area contributed by atoms with E-state index in [0.717, 1.165) is 11.3 Å². The van der Waals surface area contributed by atoms with Gasteiger partial charge in [0.25, 0.3) is 0 Å². The van der Waals surface area contributed by atoms with E-state index in [9.17, 15) is 9.59 Å². The minimum atomic E-state index is -0.456. The van der Waals surface area contributed by atoms with Crippen LogP contribution in [0.3, 0.4) is 0 Å². The summed E-state index contributed by atoms with van der Waals surface area (Å²) in [6, 6.07) is 13.3. The number of ether oxygens (including phenoxy) is 1. The number of rotatable bonds is 6. The summed E-state index contributed by atoms with van der Waals surface area (Å²) in [4.78, 5) is 27.0. The molecule has 0 bridgehead atoms. The second kappa shape index (κ2) is 10.7. The predicted molar refractivity (Wildman–Crippen MR) is 135 cm³/mol. The quantitative estimate of drug-likeness (QED) is 0.378. The molecule has 0 saturated heterocycles. The number of carbonyl (C=O) groups excluding carboxylic acids is 2. The molecule has 0 saturated carbocycles. The Morgan fingerprint density at radius 1 is 1.15 bits per heavy atom. The highest BCUT2D eigenvalue weighted by Crippen LogP contribution is 2.31. The molecule has 7 nitrogen and oxygen atoms in total. The maximum Gasteiger partial charge on any atom is 0.338 e. The van der Waals surface area contributed by atoms with Gasteiger partial charge in [0.1, 0.15) is 0 Å². The second-order valence-corrected chi connectivity index (χ2v) is 8.97. The summed E-state index contributed by atoms with van der Waals surface area (Å²) in [7, 11) is 1.81. The zero-order valence-electron chi connectivity index (χ0n) is 18.9. The Balaban J connectivity index is 1.76. The smallest absolute Gasteiger partial charge is 0.338 e. The molecule has 0 radical (unpaired) electrons. The summed E-state index contributed by atoms with van der Waals surface area (Å²) < 4.78 is 5.51. The first-order chi connectivity index (χ1) is 15.7. The molecular formula is C24H27ClN4O3S. The average molecular weight is 487 g/mol. The third kappa shape index (κ3) is 6.24. The van der Waals surface area contributed by atoms with Crippen molar-refractivity contribution in [1.82, 2.24) is 10.2 Å². The van der Waals surface area contributed by atoms with E-state index in [4.69, 9.17) is 28.6 Å². The number of carbonyl (C=O) groups is 2. The van der Waals surface area contributed by atoms with Gasteiger partial charge in [-0.2, -0.15) is 0 Å². The fourth-order valence-corrected chi connectivity index (χ4v) is 3.73. The van der Waals surface area contributed by atoms with Gasteiger partial charge in [0.05, 0.1) is 18.2 Å². The number of esters is 1. The van der Waals surface area contributed by atoms with Crippen LogP contribution in [0.4, 0.5) is 16.2 Å². The number of thiocarbonyl (C=S) groups is 1. The highest BCUT2D eigenvalue weighted by Gasteiger charge is 2.33. The molecule has 3 rings (SSSR count). The lowest BCUT2D eigenvalue weighted by Gasteiger charge is -2.35. The molecule has 3 N–H and O–H groups in total. The van der Waals surface area contributed by atoms with E-state index in [1.165, 1.54) is 0 Å². The van der Waals surface area contributed by atoms with E-state index >= 15 is 0 Å². The van der Waals surface area contributed by atoms with Gasteiger partial charge in [0.2, 0.25) is 0 Å². The Hall–Kier alpha value is -3.10. The number of nitrogens with one attached hydrogen (secondary N) is 3. The molecule has 174 valence electrons. The van der Waals surface area contributed by atoms with Crippen LogP contribution >= 0.6 is 23.8 Å². The van der Waals surface area contributed by atoms with Crippen LogP contribution < -0.4 is 16.0 Å². The standard InChI is InChI=1S/C24H27ClN4O3S/c1-14(2)13-32-22(30)20-15(3)29(4)24(33)28-21(20)16-8-10-18(11-9-16)26-23(31)27-19-7-5-6-17(25)12-19/h5-12,14,21H,13H2,1-4H3,(H,28,33)(H2,26,27,31). The van der Waals surface area contributed by atoms with E-state index in [0.29, 0.717) is 33.7 Å². The van der Waals surface area contributed by atoms with Gasteiger partial charge in [-0.15, -0.1) is 0 Å². The van der Waals surface area contributed by atoms with Crippen LogP contribution in [0, 0.1) is 5.92 Å². The van der Waals surface area contributed by atoms with E-state index in [2.05, 4.69) is 16.0 Å². The van der Waals surface area contributed by atoms with Crippen molar-refractivity contribution in [3.8, 4) is 0 Å². The molecule has 0 fully saturated rings. The van der Waals surface area contributed by atoms with Crippen LogP contribution in [0.2, 0.25) is 5.02 Å². The van der Waals surface area contributed by atoms with Gasteiger partial charge in [0.15, 0.2) is 5.11 Å². The van der Waals surface area contributed by atoms with E-state index in [-0.39, 0.29) is 11.9 Å². The van der Waals surface area contributed by atoms with Gasteiger partial charge in [0, 0.05) is 29.1 Å². The Bertz CT molecular complexity index is 1090. The predicted octanol–water partition coefficient (Wildman–Crippen LogP) is 5.32. The van der Waals surface area contributed by atoms with Gasteiger partial charge in [-0.1, -0.05) is 43.6 Å². The number of hydrogen-bond donors (Lipinski definition) is 3. The van der Waals surface area contributed by atoms with Crippen molar-refractivity contribution in [2.75, 3.05) is 24.3 Å². The minimum Gasteiger partial charge on any atom is -0.462 e. The van der Waals surface area contributed by atoms with Crippen LogP contribution in [-0.2, 0) is 9.53 Å². The third-order valence-corrected chi connectivity index (χ3v) is 5.73. The lowest BCUT2D eigenvalue weighted by atomic mass is 9.95. The number of hydrogen-bond acceptors (Lipinski definition) is 4. The first kappa shape index (κ1) is 24.5. The van der Waals surface area contributed by atoms with Crippen LogP contribution in [0.25, 0.3) is 0 Å². The van der Waals surface area contributed by atoms with Crippen molar-refractivity contribution < 1.29 is 14.3 Å². The molecule has 1 aliphatic rings. The van der Waals surface area contributed by atoms with E-state index in [1.807, 2.05) is 40.0 Å². The molecule has 2 aromatic rings. The van der Waals surface area contributed by atoms with E-state index < -0.39 is 12.1 Å². The van der Waals surface area contributed by atoms with Crippen LogP contribution in [0.1, 0.15) is 32.4 Å². The number of urea groups is 1. The summed E-state index contributed by atoms with van der Waals surface area (Å²) >= 11 is 11.4. The number of allylic oxidation sites excluding steroid dienone is 1. The van der Waals surface area contributed by atoms with Gasteiger partial charge in [-0.3, -0.25) is 0 Å². The molecule has 2 amide bonds. The molecule has 9 heteroatoms. The van der Waals surface area contributed by atoms with Crippen molar-refractivity contribution >= 4 is 52.3 Å². The van der Waals surface area contributed by atoms with Gasteiger partial charge in [-0.25, -0.2) is 9.59 Å². The Labute approximate surface area is 204 Å². The fraction of sp³-hybridized carbons (Fsp3) is 0.292. The number of halogens is 1. The first-order valence-electron chi connectivity index (χ1n) is 10.5. The summed E-state index contributed by atoms with van der Waals surface area (Å²) in [6.07, 6.45) is 0. The average Bonchev–Trinajstić information content (AvgIpc) is 2.76. The summed E-state index contributed by atoms with van der Waals surface area (Å²) in [5.74, 6) is -0.150. The number of nitrogens with zero attached hydrogens (tertiary/aromatic N) is 1. The highest BCUT2D eigenvalue weighted by molar-refractivity contribution is 7.80. The minimum absolute atomic E-state index is 0.229. The fourth-order valence-electron chi connectivity index (χ4n) is 3.29. The summed E-state index contributed by atoms with van der Waals surface area (Å²) in [6.45, 7) is 6.16. The molecule has 1 heterocycles. The number of benzene rings is 2.